The maximum atomic E-state index is 10.2. The Bertz CT molecular complexity index is 1280. The van der Waals surface area contributed by atoms with Gasteiger partial charge in [0.25, 0.3) is 0 Å². The van der Waals surface area contributed by atoms with Crippen molar-refractivity contribution < 1.29 is 5.11 Å². The van der Waals surface area contributed by atoms with E-state index in [1.54, 1.807) is 41.4 Å². The number of aromatic nitrogens is 1. The van der Waals surface area contributed by atoms with Crippen LogP contribution in [-0.4, -0.2) is 16.3 Å². The Labute approximate surface area is 208 Å². The zero-order chi connectivity index (χ0) is 21.3. The average Bonchev–Trinajstić information content (AvgIpc) is 3.12. The van der Waals surface area contributed by atoms with Gasteiger partial charge in [0.1, 0.15) is 5.75 Å². The summed E-state index contributed by atoms with van der Waals surface area (Å²) in [5.41, 5.74) is 3.32. The molecule has 0 unspecified atom stereocenters. The molecule has 1 heterocycles. The summed E-state index contributed by atoms with van der Waals surface area (Å²) in [6.07, 6.45) is 1.64. The van der Waals surface area contributed by atoms with E-state index in [4.69, 9.17) is 23.2 Å². The van der Waals surface area contributed by atoms with Crippen molar-refractivity contribution in [3.63, 3.8) is 0 Å². The Morgan fingerprint density at radius 3 is 2.77 bits per heavy atom. The van der Waals surface area contributed by atoms with E-state index in [1.807, 2.05) is 36.4 Å². The molecule has 3 aromatic carbocycles. The first-order valence-corrected chi connectivity index (χ1v) is 12.7. The molecule has 0 amide bonds. The Balaban J connectivity index is 1.53. The van der Waals surface area contributed by atoms with Crippen molar-refractivity contribution in [1.82, 2.24) is 4.98 Å². The summed E-state index contributed by atoms with van der Waals surface area (Å²) in [7, 11) is 0. The van der Waals surface area contributed by atoms with Gasteiger partial charge in [0.15, 0.2) is 4.34 Å². The van der Waals surface area contributed by atoms with Gasteiger partial charge in [-0.1, -0.05) is 50.9 Å². The summed E-state index contributed by atoms with van der Waals surface area (Å²) >= 11 is 22.3. The molecule has 0 bridgehead atoms. The summed E-state index contributed by atoms with van der Waals surface area (Å²) in [5.74, 6) is 0.848. The summed E-state index contributed by atoms with van der Waals surface area (Å²) in [4.78, 5) is 9.18. The predicted octanol–water partition coefficient (Wildman–Crippen LogP) is 8.88. The second-order valence-electron chi connectivity index (χ2n) is 6.24. The lowest BCUT2D eigenvalue weighted by atomic mass is 10.2. The van der Waals surface area contributed by atoms with E-state index in [9.17, 15) is 5.11 Å². The van der Waals surface area contributed by atoms with Crippen LogP contribution in [0.15, 0.2) is 66.8 Å². The van der Waals surface area contributed by atoms with Crippen molar-refractivity contribution in [3.8, 4) is 5.75 Å². The molecule has 30 heavy (non-hydrogen) atoms. The van der Waals surface area contributed by atoms with Crippen molar-refractivity contribution in [2.24, 2.45) is 4.99 Å². The summed E-state index contributed by atoms with van der Waals surface area (Å²) in [5, 5.41) is 11.6. The first-order valence-electron chi connectivity index (χ1n) is 8.58. The SMILES string of the molecule is Oc1c(Br)cc(Br)cc1C=Nc1ccc2nc(SCc3cc(Cl)ccc3Cl)sc2c1. The zero-order valence-electron chi connectivity index (χ0n) is 15.1. The molecule has 0 fully saturated rings. The van der Waals surface area contributed by atoms with Crippen LogP contribution in [0.25, 0.3) is 10.2 Å². The molecular weight excluding hydrogens is 591 g/mol. The maximum absolute atomic E-state index is 10.2. The number of thioether (sulfide) groups is 1. The number of aromatic hydroxyl groups is 1. The first kappa shape index (κ1) is 22.1. The molecule has 0 aliphatic heterocycles. The van der Waals surface area contributed by atoms with Crippen molar-refractivity contribution in [3.05, 3.63) is 78.6 Å². The van der Waals surface area contributed by atoms with Crippen LogP contribution in [0.1, 0.15) is 11.1 Å². The molecule has 3 nitrogen and oxygen atoms in total. The van der Waals surface area contributed by atoms with E-state index in [-0.39, 0.29) is 5.75 Å². The molecular formula is C21H12Br2Cl2N2OS2. The summed E-state index contributed by atoms with van der Waals surface area (Å²) in [6.45, 7) is 0. The highest BCUT2D eigenvalue weighted by molar-refractivity contribution is 9.11. The quantitative estimate of drug-likeness (QED) is 0.183. The minimum Gasteiger partial charge on any atom is -0.506 e. The minimum atomic E-state index is 0.152. The molecule has 4 aromatic rings. The van der Waals surface area contributed by atoms with E-state index in [0.29, 0.717) is 25.8 Å². The third kappa shape index (κ3) is 5.21. The lowest BCUT2D eigenvalue weighted by Crippen LogP contribution is -1.84. The fourth-order valence-electron chi connectivity index (χ4n) is 2.66. The third-order valence-corrected chi connectivity index (χ3v) is 8.00. The number of phenolic OH excluding ortho intramolecular Hbond substituents is 1. The number of phenols is 1. The van der Waals surface area contributed by atoms with Crippen LogP contribution < -0.4 is 0 Å². The number of nitrogens with zero attached hydrogens (tertiary/aromatic N) is 2. The van der Waals surface area contributed by atoms with Crippen molar-refractivity contribution >= 4 is 100 Å². The molecule has 0 spiro atoms. The minimum absolute atomic E-state index is 0.152. The Morgan fingerprint density at radius 2 is 1.93 bits per heavy atom. The van der Waals surface area contributed by atoms with Crippen molar-refractivity contribution in [2.75, 3.05) is 0 Å². The van der Waals surface area contributed by atoms with Gasteiger partial charge in [0.2, 0.25) is 0 Å². The Kier molecular flexibility index (Phi) is 7.07. The molecule has 4 rings (SSSR count). The molecule has 0 saturated heterocycles. The average molecular weight is 603 g/mol. The molecule has 0 radical (unpaired) electrons. The van der Waals surface area contributed by atoms with Gasteiger partial charge < -0.3 is 5.11 Å². The van der Waals surface area contributed by atoms with E-state index >= 15 is 0 Å². The van der Waals surface area contributed by atoms with E-state index in [2.05, 4.69) is 41.8 Å². The molecule has 9 heteroatoms. The van der Waals surface area contributed by atoms with Gasteiger partial charge in [-0.05, 0) is 70.0 Å². The number of fused-ring (bicyclic) bond motifs is 1. The van der Waals surface area contributed by atoms with Crippen LogP contribution in [0.5, 0.6) is 5.75 Å². The summed E-state index contributed by atoms with van der Waals surface area (Å²) < 4.78 is 3.46. The van der Waals surface area contributed by atoms with Gasteiger partial charge >= 0.3 is 0 Å². The Hall–Kier alpha value is -1.09. The molecule has 152 valence electrons. The van der Waals surface area contributed by atoms with Crippen molar-refractivity contribution in [1.29, 1.82) is 0 Å². The number of hydrogen-bond donors (Lipinski definition) is 1. The van der Waals surface area contributed by atoms with Crippen LogP contribution in [0.4, 0.5) is 5.69 Å². The van der Waals surface area contributed by atoms with Crippen LogP contribution in [0, 0.1) is 0 Å². The largest absolute Gasteiger partial charge is 0.506 e. The van der Waals surface area contributed by atoms with Crippen LogP contribution in [0.2, 0.25) is 10.0 Å². The highest BCUT2D eigenvalue weighted by Crippen LogP contribution is 2.35. The topological polar surface area (TPSA) is 45.5 Å². The standard InChI is InChI=1S/C21H12Br2Cl2N2OS2/c22-13-5-11(20(28)16(23)7-13)9-26-15-2-4-18-19(8-15)30-21(27-18)29-10-12-6-14(24)1-3-17(12)25/h1-9,28H,10H2. The van der Waals surface area contributed by atoms with Gasteiger partial charge in [0, 0.05) is 32.0 Å². The first-order chi connectivity index (χ1) is 14.4. The fourth-order valence-corrected chi connectivity index (χ4v) is 6.47. The number of aliphatic imine (C=N–C) groups is 1. The molecule has 1 aromatic heterocycles. The predicted molar refractivity (Wildman–Crippen MR) is 136 cm³/mol. The lowest BCUT2D eigenvalue weighted by molar-refractivity contribution is 0.471. The lowest BCUT2D eigenvalue weighted by Gasteiger charge is -2.02. The number of thiazole rings is 1. The van der Waals surface area contributed by atoms with Gasteiger partial charge in [0.05, 0.1) is 20.4 Å². The van der Waals surface area contributed by atoms with Gasteiger partial charge in [-0.15, -0.1) is 11.3 Å². The second kappa shape index (κ2) is 9.59. The molecule has 1 N–H and O–H groups in total. The zero-order valence-corrected chi connectivity index (χ0v) is 21.4. The van der Waals surface area contributed by atoms with E-state index in [1.165, 1.54) is 0 Å². The fraction of sp³-hybridized carbons (Fsp3) is 0.0476. The monoisotopic (exact) mass is 600 g/mol. The molecule has 0 aliphatic carbocycles. The van der Waals surface area contributed by atoms with Gasteiger partial charge in [-0.2, -0.15) is 0 Å². The molecule has 0 atom stereocenters. The van der Waals surface area contributed by atoms with Crippen LogP contribution >= 0.6 is 78.2 Å². The van der Waals surface area contributed by atoms with Gasteiger partial charge in [-0.25, -0.2) is 4.98 Å². The van der Waals surface area contributed by atoms with Crippen molar-refractivity contribution in [2.45, 2.75) is 10.1 Å². The third-order valence-electron chi connectivity index (χ3n) is 4.12. The molecule has 0 saturated carbocycles. The smallest absolute Gasteiger partial charge is 0.151 e. The van der Waals surface area contributed by atoms with Crippen LogP contribution in [-0.2, 0) is 5.75 Å². The number of rotatable bonds is 5. The molecule has 0 aliphatic rings. The summed E-state index contributed by atoms with van der Waals surface area (Å²) in [6, 6.07) is 14.9. The normalized spacial score (nSPS) is 11.6. The number of hydrogen-bond acceptors (Lipinski definition) is 5. The van der Waals surface area contributed by atoms with E-state index in [0.717, 1.165) is 30.3 Å². The van der Waals surface area contributed by atoms with Crippen LogP contribution in [0.3, 0.4) is 0 Å². The number of benzene rings is 3. The van der Waals surface area contributed by atoms with Gasteiger partial charge in [-0.3, -0.25) is 4.99 Å². The highest BCUT2D eigenvalue weighted by Gasteiger charge is 2.09. The highest BCUT2D eigenvalue weighted by atomic mass is 79.9. The second-order valence-corrected chi connectivity index (χ2v) is 11.1. The Morgan fingerprint density at radius 1 is 1.10 bits per heavy atom. The number of halogens is 4. The van der Waals surface area contributed by atoms with E-state index < -0.39 is 0 Å². The maximum Gasteiger partial charge on any atom is 0.151 e.